The van der Waals surface area contributed by atoms with Gasteiger partial charge in [0.2, 0.25) is 0 Å². The zero-order chi connectivity index (χ0) is 41.3. The molecular weight excluding hydrogens is 728 g/mol. The number of hydrogen-bond donors (Lipinski definition) is 9. The maximum Gasteiger partial charge on any atom is 0.198 e. The van der Waals surface area contributed by atoms with Gasteiger partial charge in [-0.25, -0.2) is 0 Å². The molecule has 22 unspecified atom stereocenters. The van der Waals surface area contributed by atoms with Crippen LogP contribution in [-0.4, -0.2) is 144 Å². The number of allylic oxidation sites excluding steroid dienone is 1. The summed E-state index contributed by atoms with van der Waals surface area (Å²) < 4.78 is 30.2. The summed E-state index contributed by atoms with van der Waals surface area (Å²) in [6.45, 7) is 18.0. The van der Waals surface area contributed by atoms with Crippen LogP contribution in [0.1, 0.15) is 107 Å². The van der Waals surface area contributed by atoms with Crippen molar-refractivity contribution >= 4 is 0 Å². The zero-order valence-corrected chi connectivity index (χ0v) is 34.6. The van der Waals surface area contributed by atoms with E-state index in [0.717, 1.165) is 37.7 Å². The molecule has 14 heteroatoms. The molecule has 7 rings (SSSR count). The molecule has 4 aliphatic carbocycles. The van der Waals surface area contributed by atoms with Crippen LogP contribution in [0.25, 0.3) is 0 Å². The lowest BCUT2D eigenvalue weighted by Crippen LogP contribution is -2.67. The Kier molecular flexibility index (Phi) is 11.1. The summed E-state index contributed by atoms with van der Waals surface area (Å²) >= 11 is 0. The van der Waals surface area contributed by atoms with Gasteiger partial charge in [0.05, 0.1) is 36.4 Å². The van der Waals surface area contributed by atoms with Crippen molar-refractivity contribution in [3.05, 3.63) is 11.6 Å². The highest BCUT2D eigenvalue weighted by molar-refractivity contribution is 5.27. The number of aliphatic hydroxyl groups is 9. The Labute approximate surface area is 331 Å². The number of aliphatic hydroxyl groups excluding tert-OH is 7. The number of hydrogen-bond acceptors (Lipinski definition) is 14. The molecule has 0 aromatic heterocycles. The molecule has 7 aliphatic rings. The SMILES string of the molecule is CC(C)=CCC1OC2(O)C(C3CCC4C5(C)CCC(OC6OC(COC7OC(C)C(O)C(O)C7O)C(O)C(O)C6O)C(C)(C)C5CCC4(C)C3(C)C2O)C1(C)O. The summed E-state index contributed by atoms with van der Waals surface area (Å²) in [5, 5.41) is 100. The Balaban J connectivity index is 1.07. The second-order valence-corrected chi connectivity index (χ2v) is 20.5. The fraction of sp³-hybridized carbons (Fsp3) is 0.952. The second-order valence-electron chi connectivity index (χ2n) is 20.5. The Bertz CT molecular complexity index is 1490. The van der Waals surface area contributed by atoms with Crippen LogP contribution >= 0.6 is 0 Å². The quantitative estimate of drug-likeness (QED) is 0.131. The van der Waals surface area contributed by atoms with E-state index in [2.05, 4.69) is 34.6 Å². The van der Waals surface area contributed by atoms with Crippen LogP contribution in [0.15, 0.2) is 11.6 Å². The van der Waals surface area contributed by atoms with E-state index in [9.17, 15) is 46.0 Å². The molecule has 3 heterocycles. The molecular formula is C42H70O14. The zero-order valence-electron chi connectivity index (χ0n) is 34.6. The molecule has 14 nitrogen and oxygen atoms in total. The highest BCUT2D eigenvalue weighted by atomic mass is 16.7. The van der Waals surface area contributed by atoms with Gasteiger partial charge in [-0.15, -0.1) is 0 Å². The van der Waals surface area contributed by atoms with Crippen molar-refractivity contribution in [2.24, 2.45) is 45.3 Å². The monoisotopic (exact) mass is 798 g/mol. The van der Waals surface area contributed by atoms with Crippen molar-refractivity contribution in [3.63, 3.8) is 0 Å². The lowest BCUT2D eigenvalue weighted by molar-refractivity contribution is -0.345. The third kappa shape index (κ3) is 6.09. The highest BCUT2D eigenvalue weighted by Crippen LogP contribution is 2.78. The minimum atomic E-state index is -1.86. The van der Waals surface area contributed by atoms with E-state index >= 15 is 0 Å². The van der Waals surface area contributed by atoms with Crippen LogP contribution in [-0.2, 0) is 23.7 Å². The van der Waals surface area contributed by atoms with Crippen molar-refractivity contribution in [3.8, 4) is 0 Å². The average molecular weight is 799 g/mol. The molecule has 3 saturated heterocycles. The molecule has 22 atom stereocenters. The average Bonchev–Trinajstić information content (AvgIpc) is 3.44. The molecule has 56 heavy (non-hydrogen) atoms. The maximum absolute atomic E-state index is 12.4. The van der Waals surface area contributed by atoms with Crippen LogP contribution in [0.3, 0.4) is 0 Å². The van der Waals surface area contributed by atoms with E-state index in [1.54, 1.807) is 6.92 Å². The van der Waals surface area contributed by atoms with Gasteiger partial charge in [-0.2, -0.15) is 0 Å². The first-order valence-corrected chi connectivity index (χ1v) is 21.0. The largest absolute Gasteiger partial charge is 0.388 e. The third-order valence-corrected chi connectivity index (χ3v) is 17.1. The van der Waals surface area contributed by atoms with Crippen LogP contribution in [0.2, 0.25) is 0 Å². The number of ether oxygens (including phenoxy) is 5. The lowest BCUT2D eigenvalue weighted by Gasteiger charge is -2.70. The molecule has 0 amide bonds. The minimum absolute atomic E-state index is 0.153. The predicted octanol–water partition coefficient (Wildman–Crippen LogP) is 1.48. The van der Waals surface area contributed by atoms with Gasteiger partial charge in [0, 0.05) is 5.41 Å². The van der Waals surface area contributed by atoms with E-state index in [0.29, 0.717) is 12.8 Å². The molecule has 0 aromatic carbocycles. The Morgan fingerprint density at radius 3 is 2.04 bits per heavy atom. The predicted molar refractivity (Wildman–Crippen MR) is 200 cm³/mol. The molecule has 4 saturated carbocycles. The summed E-state index contributed by atoms with van der Waals surface area (Å²) in [6.07, 6.45) is -8.84. The third-order valence-electron chi connectivity index (χ3n) is 17.1. The van der Waals surface area contributed by atoms with E-state index in [1.165, 1.54) is 6.92 Å². The van der Waals surface area contributed by atoms with Gasteiger partial charge >= 0.3 is 0 Å². The van der Waals surface area contributed by atoms with Crippen LogP contribution < -0.4 is 0 Å². The van der Waals surface area contributed by atoms with Gasteiger partial charge in [0.1, 0.15) is 48.8 Å². The van der Waals surface area contributed by atoms with E-state index < -0.39 is 102 Å². The molecule has 3 aliphatic heterocycles. The first kappa shape index (κ1) is 43.3. The smallest absolute Gasteiger partial charge is 0.198 e. The maximum atomic E-state index is 12.4. The van der Waals surface area contributed by atoms with Gasteiger partial charge < -0.3 is 69.6 Å². The Morgan fingerprint density at radius 2 is 1.38 bits per heavy atom. The van der Waals surface area contributed by atoms with E-state index in [1.807, 2.05) is 19.9 Å². The van der Waals surface area contributed by atoms with E-state index in [-0.39, 0.29) is 41.3 Å². The summed E-state index contributed by atoms with van der Waals surface area (Å²) in [7, 11) is 0. The van der Waals surface area contributed by atoms with Crippen molar-refractivity contribution in [1.82, 2.24) is 0 Å². The number of fused-ring (bicyclic) bond motifs is 7. The minimum Gasteiger partial charge on any atom is -0.388 e. The van der Waals surface area contributed by atoms with Gasteiger partial charge in [-0.1, -0.05) is 46.3 Å². The Morgan fingerprint density at radius 1 is 0.732 bits per heavy atom. The normalized spacial score (nSPS) is 57.8. The molecule has 0 bridgehead atoms. The summed E-state index contributed by atoms with van der Waals surface area (Å²) in [6, 6.07) is 0. The second kappa shape index (κ2) is 14.4. The van der Waals surface area contributed by atoms with Crippen molar-refractivity contribution < 1.29 is 69.6 Å². The molecule has 0 aromatic rings. The Hall–Kier alpha value is -0.820. The van der Waals surface area contributed by atoms with Gasteiger partial charge in [-0.05, 0) is 107 Å². The molecule has 0 spiro atoms. The first-order valence-electron chi connectivity index (χ1n) is 21.0. The lowest BCUT2D eigenvalue weighted by atomic mass is 9.35. The number of rotatable bonds is 7. The van der Waals surface area contributed by atoms with Gasteiger partial charge in [-0.3, -0.25) is 0 Å². The van der Waals surface area contributed by atoms with Crippen LogP contribution in [0.5, 0.6) is 0 Å². The fourth-order valence-electron chi connectivity index (χ4n) is 13.9. The topological polar surface area (TPSA) is 228 Å². The fourth-order valence-corrected chi connectivity index (χ4v) is 13.9. The summed E-state index contributed by atoms with van der Waals surface area (Å²) in [5.74, 6) is -2.29. The molecule has 322 valence electrons. The van der Waals surface area contributed by atoms with Crippen molar-refractivity contribution in [2.45, 2.75) is 198 Å². The molecule has 0 radical (unpaired) electrons. The summed E-state index contributed by atoms with van der Waals surface area (Å²) in [4.78, 5) is 0. The van der Waals surface area contributed by atoms with Crippen molar-refractivity contribution in [1.29, 1.82) is 0 Å². The molecule has 7 fully saturated rings. The van der Waals surface area contributed by atoms with Crippen molar-refractivity contribution in [2.75, 3.05) is 6.61 Å². The van der Waals surface area contributed by atoms with Crippen LogP contribution in [0, 0.1) is 45.3 Å². The van der Waals surface area contributed by atoms with Crippen LogP contribution in [0.4, 0.5) is 0 Å². The highest BCUT2D eigenvalue weighted by Gasteiger charge is 2.81. The summed E-state index contributed by atoms with van der Waals surface area (Å²) in [5.41, 5.74) is -1.94. The standard InChI is InChI=1S/C42H70O14/c1-19(2)10-13-26-41(9,50)33-21-11-12-24-38(6)16-15-25(37(4,5)23(38)14-17-39(24,7)40(21,8)36(49)42(33,51)56-26)55-35-32(48)30(46)28(44)22(54-35)18-52-34-31(47)29(45)27(43)20(3)53-34/h10,20-36,43-51H,11-18H2,1-9H3. The van der Waals surface area contributed by atoms with E-state index in [4.69, 9.17) is 23.7 Å². The first-order chi connectivity index (χ1) is 25.9. The molecule has 9 N–H and O–H groups in total. The van der Waals surface area contributed by atoms with Gasteiger partial charge in [0.25, 0.3) is 0 Å². The van der Waals surface area contributed by atoms with Gasteiger partial charge in [0.15, 0.2) is 18.4 Å².